The van der Waals surface area contributed by atoms with Gasteiger partial charge in [-0.3, -0.25) is 9.89 Å². The molecule has 5 heteroatoms. The first kappa shape index (κ1) is 11.9. The van der Waals surface area contributed by atoms with Gasteiger partial charge in [-0.25, -0.2) is 0 Å². The monoisotopic (exact) mass is 249 g/mol. The zero-order valence-electron chi connectivity index (χ0n) is 10.1. The number of amides is 1. The van der Waals surface area contributed by atoms with E-state index in [0.717, 1.165) is 16.9 Å². The van der Waals surface area contributed by atoms with Gasteiger partial charge in [0, 0.05) is 10.4 Å². The van der Waals surface area contributed by atoms with Gasteiger partial charge in [-0.2, -0.15) is 5.10 Å². The Morgan fingerprint density at radius 3 is 2.76 bits per heavy atom. The van der Waals surface area contributed by atoms with Crippen molar-refractivity contribution in [2.45, 2.75) is 27.2 Å². The Bertz CT molecular complexity index is 542. The summed E-state index contributed by atoms with van der Waals surface area (Å²) in [6.07, 6.45) is 2.65. The van der Waals surface area contributed by atoms with E-state index in [1.165, 1.54) is 10.4 Å². The van der Waals surface area contributed by atoms with Crippen LogP contribution in [0.15, 0.2) is 12.3 Å². The first-order valence-corrected chi connectivity index (χ1v) is 6.34. The summed E-state index contributed by atoms with van der Waals surface area (Å²) < 4.78 is 0. The minimum absolute atomic E-state index is 0.0786. The molecule has 2 N–H and O–H groups in total. The Kier molecular flexibility index (Phi) is 3.28. The van der Waals surface area contributed by atoms with Gasteiger partial charge in [0.15, 0.2) is 0 Å². The van der Waals surface area contributed by atoms with E-state index in [0.29, 0.717) is 5.82 Å². The maximum absolute atomic E-state index is 12.0. The van der Waals surface area contributed by atoms with Crippen LogP contribution in [0, 0.1) is 13.8 Å². The summed E-state index contributed by atoms with van der Waals surface area (Å²) in [5.41, 5.74) is 2.12. The number of carbonyl (C=O) groups is 1. The van der Waals surface area contributed by atoms with Crippen LogP contribution in [-0.2, 0) is 6.42 Å². The number of nitrogens with one attached hydrogen (secondary N) is 2. The summed E-state index contributed by atoms with van der Waals surface area (Å²) in [7, 11) is 0. The minimum atomic E-state index is -0.0786. The number of aromatic amines is 1. The second-order valence-corrected chi connectivity index (χ2v) is 5.09. The van der Waals surface area contributed by atoms with Crippen molar-refractivity contribution in [3.05, 3.63) is 33.1 Å². The first-order chi connectivity index (χ1) is 8.11. The number of nitrogens with zero attached hydrogens (tertiary/aromatic N) is 1. The molecule has 0 bridgehead atoms. The van der Waals surface area contributed by atoms with Gasteiger partial charge < -0.3 is 5.32 Å². The van der Waals surface area contributed by atoms with Crippen LogP contribution >= 0.6 is 11.3 Å². The molecule has 2 rings (SSSR count). The maximum Gasteiger partial charge on any atom is 0.266 e. The molecular formula is C12H15N3OS. The van der Waals surface area contributed by atoms with Crippen molar-refractivity contribution < 1.29 is 4.79 Å². The van der Waals surface area contributed by atoms with E-state index in [4.69, 9.17) is 0 Å². The summed E-state index contributed by atoms with van der Waals surface area (Å²) in [6.45, 7) is 6.03. The molecule has 17 heavy (non-hydrogen) atoms. The van der Waals surface area contributed by atoms with Crippen molar-refractivity contribution in [3.8, 4) is 0 Å². The standard InChI is InChI=1S/C12H15N3OS/c1-4-9-7(2)5-10(17-9)12(16)14-11-8(3)6-13-15-11/h5-6H,4H2,1-3H3,(H2,13,14,15,16). The lowest BCUT2D eigenvalue weighted by Gasteiger charge is -2.00. The number of H-pyrrole nitrogens is 1. The van der Waals surface area contributed by atoms with E-state index in [-0.39, 0.29) is 5.91 Å². The van der Waals surface area contributed by atoms with Gasteiger partial charge in [0.2, 0.25) is 0 Å². The van der Waals surface area contributed by atoms with Crippen LogP contribution in [0.5, 0.6) is 0 Å². The van der Waals surface area contributed by atoms with Gasteiger partial charge in [0.25, 0.3) is 5.91 Å². The van der Waals surface area contributed by atoms with Crippen molar-refractivity contribution in [2.24, 2.45) is 0 Å². The molecule has 4 nitrogen and oxygen atoms in total. The number of carbonyl (C=O) groups excluding carboxylic acids is 1. The molecule has 0 saturated carbocycles. The highest BCUT2D eigenvalue weighted by molar-refractivity contribution is 7.14. The number of aryl methyl sites for hydroxylation is 3. The third-order valence-electron chi connectivity index (χ3n) is 2.63. The van der Waals surface area contributed by atoms with Gasteiger partial charge in [0.05, 0.1) is 11.1 Å². The normalized spacial score (nSPS) is 10.5. The fourth-order valence-electron chi connectivity index (χ4n) is 1.63. The third kappa shape index (κ3) is 2.39. The molecular weight excluding hydrogens is 234 g/mol. The Balaban J connectivity index is 2.17. The van der Waals surface area contributed by atoms with Crippen LogP contribution in [-0.4, -0.2) is 16.1 Å². The summed E-state index contributed by atoms with van der Waals surface area (Å²) in [5.74, 6) is 0.587. The summed E-state index contributed by atoms with van der Waals surface area (Å²) in [5, 5.41) is 9.46. The zero-order chi connectivity index (χ0) is 12.4. The summed E-state index contributed by atoms with van der Waals surface area (Å²) >= 11 is 1.55. The quantitative estimate of drug-likeness (QED) is 0.878. The molecule has 0 atom stereocenters. The van der Waals surface area contributed by atoms with Crippen molar-refractivity contribution in [1.82, 2.24) is 10.2 Å². The largest absolute Gasteiger partial charge is 0.306 e. The third-order valence-corrected chi connectivity index (χ3v) is 4.01. The molecule has 0 aliphatic rings. The Morgan fingerprint density at radius 1 is 1.47 bits per heavy atom. The molecule has 2 heterocycles. The molecule has 0 aromatic carbocycles. The first-order valence-electron chi connectivity index (χ1n) is 5.52. The lowest BCUT2D eigenvalue weighted by Crippen LogP contribution is -2.11. The number of hydrogen-bond donors (Lipinski definition) is 2. The average Bonchev–Trinajstić information content (AvgIpc) is 2.86. The SMILES string of the molecule is CCc1sc(C(=O)Nc2[nH]ncc2C)cc1C. The topological polar surface area (TPSA) is 57.8 Å². The van der Waals surface area contributed by atoms with E-state index in [2.05, 4.69) is 22.4 Å². The molecule has 0 saturated heterocycles. The van der Waals surface area contributed by atoms with Crippen LogP contribution in [0.1, 0.15) is 32.6 Å². The smallest absolute Gasteiger partial charge is 0.266 e. The van der Waals surface area contributed by atoms with E-state index in [1.807, 2.05) is 19.9 Å². The van der Waals surface area contributed by atoms with Gasteiger partial charge in [-0.05, 0) is 31.9 Å². The number of aromatic nitrogens is 2. The molecule has 0 aliphatic heterocycles. The fraction of sp³-hybridized carbons (Fsp3) is 0.333. The zero-order valence-corrected chi connectivity index (χ0v) is 10.9. The second kappa shape index (κ2) is 4.71. The molecule has 0 unspecified atom stereocenters. The fourth-order valence-corrected chi connectivity index (χ4v) is 2.64. The van der Waals surface area contributed by atoms with Gasteiger partial charge in [0.1, 0.15) is 5.82 Å². The van der Waals surface area contributed by atoms with Gasteiger partial charge in [-0.15, -0.1) is 11.3 Å². The molecule has 0 aliphatic carbocycles. The van der Waals surface area contributed by atoms with E-state index in [9.17, 15) is 4.79 Å². The van der Waals surface area contributed by atoms with Crippen molar-refractivity contribution >= 4 is 23.1 Å². The molecule has 0 fully saturated rings. The molecule has 2 aromatic rings. The number of rotatable bonds is 3. The van der Waals surface area contributed by atoms with Crippen molar-refractivity contribution in [3.63, 3.8) is 0 Å². The highest BCUT2D eigenvalue weighted by atomic mass is 32.1. The second-order valence-electron chi connectivity index (χ2n) is 3.95. The van der Waals surface area contributed by atoms with Crippen LogP contribution in [0.3, 0.4) is 0 Å². The predicted octanol–water partition coefficient (Wildman–Crippen LogP) is 2.90. The van der Waals surface area contributed by atoms with E-state index in [1.54, 1.807) is 17.5 Å². The molecule has 0 spiro atoms. The molecule has 90 valence electrons. The molecule has 1 amide bonds. The lowest BCUT2D eigenvalue weighted by atomic mass is 10.2. The lowest BCUT2D eigenvalue weighted by molar-refractivity contribution is 0.103. The van der Waals surface area contributed by atoms with Gasteiger partial charge >= 0.3 is 0 Å². The maximum atomic E-state index is 12.0. The van der Waals surface area contributed by atoms with Crippen LogP contribution in [0.25, 0.3) is 0 Å². The van der Waals surface area contributed by atoms with Crippen molar-refractivity contribution in [2.75, 3.05) is 5.32 Å². The summed E-state index contributed by atoms with van der Waals surface area (Å²) in [6, 6.07) is 1.94. The summed E-state index contributed by atoms with van der Waals surface area (Å²) in [4.78, 5) is 14.0. The van der Waals surface area contributed by atoms with E-state index < -0.39 is 0 Å². The van der Waals surface area contributed by atoms with Crippen LogP contribution in [0.4, 0.5) is 5.82 Å². The number of thiophene rings is 1. The molecule has 0 radical (unpaired) electrons. The van der Waals surface area contributed by atoms with Crippen LogP contribution < -0.4 is 5.32 Å². The number of hydrogen-bond acceptors (Lipinski definition) is 3. The Morgan fingerprint density at radius 2 is 2.24 bits per heavy atom. The average molecular weight is 249 g/mol. The minimum Gasteiger partial charge on any atom is -0.306 e. The predicted molar refractivity (Wildman–Crippen MR) is 69.7 cm³/mol. The van der Waals surface area contributed by atoms with Crippen molar-refractivity contribution in [1.29, 1.82) is 0 Å². The highest BCUT2D eigenvalue weighted by Gasteiger charge is 2.13. The Labute approximate surface area is 104 Å². The highest BCUT2D eigenvalue weighted by Crippen LogP contribution is 2.23. The number of anilines is 1. The molecule has 2 aromatic heterocycles. The van der Waals surface area contributed by atoms with Crippen LogP contribution in [0.2, 0.25) is 0 Å². The van der Waals surface area contributed by atoms with E-state index >= 15 is 0 Å². The Hall–Kier alpha value is -1.62. The van der Waals surface area contributed by atoms with Gasteiger partial charge in [-0.1, -0.05) is 6.92 Å².